The second-order valence-electron chi connectivity index (χ2n) is 12.7. The predicted octanol–water partition coefficient (Wildman–Crippen LogP) is 6.06. The summed E-state index contributed by atoms with van der Waals surface area (Å²) in [5, 5.41) is 0.575. The minimum atomic E-state index is -4.67. The van der Waals surface area contributed by atoms with E-state index >= 15 is 0 Å². The van der Waals surface area contributed by atoms with Crippen molar-refractivity contribution in [3.05, 3.63) is 0 Å². The lowest BCUT2D eigenvalue weighted by molar-refractivity contribution is -0.0235. The summed E-state index contributed by atoms with van der Waals surface area (Å²) in [4.78, 5) is 0. The summed E-state index contributed by atoms with van der Waals surface area (Å²) in [6, 6.07) is 0. The SMILES string of the molecule is CCCCCCCCCCCCCCCCCC[SH+]C(C)COCCOCCOCCOCCOCCOCCOCCOCCOS(=O)(=O)[O-]. The second kappa shape index (κ2) is 42.6. The number of hydrogen-bond donors (Lipinski definition) is 0. The van der Waals surface area contributed by atoms with Crippen molar-refractivity contribution in [1.82, 2.24) is 0 Å². The van der Waals surface area contributed by atoms with Crippen LogP contribution in [0.3, 0.4) is 0 Å². The van der Waals surface area contributed by atoms with Crippen molar-refractivity contribution >= 4 is 22.2 Å². The average molecular weight is 777 g/mol. The van der Waals surface area contributed by atoms with Gasteiger partial charge in [-0.3, -0.25) is 4.18 Å². The van der Waals surface area contributed by atoms with Gasteiger partial charge in [-0.05, 0) is 31.5 Å². The van der Waals surface area contributed by atoms with Gasteiger partial charge in [0.2, 0.25) is 10.4 Å². The van der Waals surface area contributed by atoms with Gasteiger partial charge in [-0.1, -0.05) is 96.8 Å². The van der Waals surface area contributed by atoms with Crippen molar-refractivity contribution in [2.75, 3.05) is 118 Å². The van der Waals surface area contributed by atoms with Gasteiger partial charge in [0.15, 0.2) is 0 Å². The Bertz CT molecular complexity index is 764. The average Bonchev–Trinajstić information content (AvgIpc) is 3.10. The van der Waals surface area contributed by atoms with Crippen LogP contribution in [-0.2, 0) is 64.2 Å². The maximum atomic E-state index is 10.2. The molecular formula is C37H76O12S2. The molecule has 0 aromatic rings. The van der Waals surface area contributed by atoms with E-state index < -0.39 is 10.4 Å². The van der Waals surface area contributed by atoms with Crippen LogP contribution in [-0.4, -0.2) is 136 Å². The highest BCUT2D eigenvalue weighted by atomic mass is 32.3. The molecule has 0 N–H and O–H groups in total. The topological polar surface area (TPSA) is 140 Å². The smallest absolute Gasteiger partial charge is 0.217 e. The third-order valence-electron chi connectivity index (χ3n) is 7.87. The normalized spacial score (nSPS) is 12.6. The summed E-state index contributed by atoms with van der Waals surface area (Å²) < 4.78 is 78.3. The van der Waals surface area contributed by atoms with E-state index in [1.807, 2.05) is 0 Å². The van der Waals surface area contributed by atoms with Gasteiger partial charge in [-0.25, -0.2) is 8.42 Å². The van der Waals surface area contributed by atoms with Gasteiger partial charge in [0.1, 0.15) is 11.0 Å². The number of rotatable bonds is 45. The summed E-state index contributed by atoms with van der Waals surface area (Å²) in [5.41, 5.74) is 0. The third kappa shape index (κ3) is 47.9. The lowest BCUT2D eigenvalue weighted by Gasteiger charge is -2.09. The molecule has 0 radical (unpaired) electrons. The van der Waals surface area contributed by atoms with Crippen LogP contribution in [0.2, 0.25) is 0 Å². The lowest BCUT2D eigenvalue weighted by Crippen LogP contribution is -2.18. The molecule has 0 saturated carbocycles. The molecule has 51 heavy (non-hydrogen) atoms. The van der Waals surface area contributed by atoms with E-state index in [1.54, 1.807) is 0 Å². The van der Waals surface area contributed by atoms with Crippen molar-refractivity contribution in [3.8, 4) is 0 Å². The Morgan fingerprint density at radius 1 is 0.431 bits per heavy atom. The van der Waals surface area contributed by atoms with Gasteiger partial charge in [0.05, 0.1) is 112 Å². The largest absolute Gasteiger partial charge is 0.726 e. The molecule has 308 valence electrons. The van der Waals surface area contributed by atoms with E-state index in [1.165, 1.54) is 120 Å². The molecule has 0 rings (SSSR count). The summed E-state index contributed by atoms with van der Waals surface area (Å²) in [5.74, 6) is 1.28. The Kier molecular flexibility index (Phi) is 42.6. The molecule has 0 aliphatic heterocycles. The van der Waals surface area contributed by atoms with Crippen LogP contribution in [0.5, 0.6) is 0 Å². The fourth-order valence-corrected chi connectivity index (χ4v) is 6.34. The molecule has 1 unspecified atom stereocenters. The van der Waals surface area contributed by atoms with Crippen molar-refractivity contribution in [3.63, 3.8) is 0 Å². The maximum Gasteiger partial charge on any atom is 0.217 e. The zero-order valence-electron chi connectivity index (χ0n) is 32.4. The van der Waals surface area contributed by atoms with Crippen LogP contribution >= 0.6 is 0 Å². The Hall–Kier alpha value is -0.100. The molecule has 1 atom stereocenters. The van der Waals surface area contributed by atoms with Crippen molar-refractivity contribution in [2.24, 2.45) is 0 Å². The summed E-state index contributed by atoms with van der Waals surface area (Å²) >= 11 is 1.50. The van der Waals surface area contributed by atoms with Crippen LogP contribution < -0.4 is 0 Å². The van der Waals surface area contributed by atoms with Crippen LogP contribution in [0, 0.1) is 0 Å². The molecule has 0 spiro atoms. The molecule has 0 aromatic carbocycles. The number of thiol groups is 1. The maximum absolute atomic E-state index is 10.2. The highest BCUT2D eigenvalue weighted by molar-refractivity contribution is 7.80. The molecule has 12 nitrogen and oxygen atoms in total. The molecule has 0 amide bonds. The predicted molar refractivity (Wildman–Crippen MR) is 205 cm³/mol. The first-order valence-corrected chi connectivity index (χ1v) is 22.3. The summed E-state index contributed by atoms with van der Waals surface area (Å²) in [7, 11) is -4.67. The van der Waals surface area contributed by atoms with Crippen LogP contribution in [0.25, 0.3) is 0 Å². The Balaban J connectivity index is 3.15. The second-order valence-corrected chi connectivity index (χ2v) is 15.4. The van der Waals surface area contributed by atoms with E-state index in [2.05, 4.69) is 18.0 Å². The molecule has 0 heterocycles. The van der Waals surface area contributed by atoms with E-state index in [9.17, 15) is 13.0 Å². The third-order valence-corrected chi connectivity index (χ3v) is 9.67. The molecular weight excluding hydrogens is 701 g/mol. The zero-order valence-corrected chi connectivity index (χ0v) is 34.1. The highest BCUT2D eigenvalue weighted by Gasteiger charge is 2.10. The molecule has 0 aromatic heterocycles. The first kappa shape index (κ1) is 50.9. The van der Waals surface area contributed by atoms with Gasteiger partial charge < -0.3 is 42.4 Å². The molecule has 0 bridgehead atoms. The van der Waals surface area contributed by atoms with Gasteiger partial charge in [0, 0.05) is 0 Å². The fourth-order valence-electron chi connectivity index (χ4n) is 5.01. The first-order valence-electron chi connectivity index (χ1n) is 19.8. The Morgan fingerprint density at radius 2 is 0.706 bits per heavy atom. The van der Waals surface area contributed by atoms with E-state index in [-0.39, 0.29) is 19.8 Å². The monoisotopic (exact) mass is 776 g/mol. The number of unbranched alkanes of at least 4 members (excludes halogenated alkanes) is 15. The Morgan fingerprint density at radius 3 is 1.02 bits per heavy atom. The van der Waals surface area contributed by atoms with E-state index in [4.69, 9.17) is 37.9 Å². The first-order chi connectivity index (χ1) is 25.0. The summed E-state index contributed by atoms with van der Waals surface area (Å²) in [6.45, 7) is 11.6. The summed E-state index contributed by atoms with van der Waals surface area (Å²) in [6.07, 6.45) is 22.7. The van der Waals surface area contributed by atoms with Crippen molar-refractivity contribution in [2.45, 2.75) is 122 Å². The fraction of sp³-hybridized carbons (Fsp3) is 1.00. The lowest BCUT2D eigenvalue weighted by atomic mass is 10.0. The van der Waals surface area contributed by atoms with Gasteiger partial charge in [-0.15, -0.1) is 0 Å². The van der Waals surface area contributed by atoms with Gasteiger partial charge in [0.25, 0.3) is 0 Å². The number of ether oxygens (including phenoxy) is 8. The molecule has 0 fully saturated rings. The standard InChI is InChI=1S/C37H76O12S2/c1-3-4-5-6-7-8-9-10-11-12-13-14-15-16-17-18-35-50-37(2)36-48-32-31-46-28-27-44-24-23-42-20-19-41-21-22-43-25-26-45-29-30-47-33-34-49-51(38,39)40/h37H,3-36H2,1-2H3,(H,38,39,40). The molecule has 0 saturated heterocycles. The molecule has 0 aliphatic carbocycles. The molecule has 14 heteroatoms. The van der Waals surface area contributed by atoms with Crippen LogP contribution in [0.1, 0.15) is 117 Å². The molecule has 0 aliphatic rings. The van der Waals surface area contributed by atoms with Crippen LogP contribution in [0.4, 0.5) is 0 Å². The minimum absolute atomic E-state index is 0.000344. The van der Waals surface area contributed by atoms with E-state index in [0.29, 0.717) is 91.1 Å². The zero-order chi connectivity index (χ0) is 37.2. The quantitative estimate of drug-likeness (QED) is 0.0234. The van der Waals surface area contributed by atoms with Crippen molar-refractivity contribution < 1.29 is 55.0 Å². The van der Waals surface area contributed by atoms with Gasteiger partial charge >= 0.3 is 0 Å². The van der Waals surface area contributed by atoms with Gasteiger partial charge in [-0.2, -0.15) is 0 Å². The van der Waals surface area contributed by atoms with E-state index in [0.717, 1.165) is 6.61 Å². The Labute approximate surface area is 316 Å². The number of hydrogen-bond acceptors (Lipinski definition) is 12. The van der Waals surface area contributed by atoms with Crippen molar-refractivity contribution in [1.29, 1.82) is 0 Å². The van der Waals surface area contributed by atoms with Crippen LogP contribution in [0.15, 0.2) is 0 Å². The highest BCUT2D eigenvalue weighted by Crippen LogP contribution is 2.14. The minimum Gasteiger partial charge on any atom is -0.726 e.